The second-order valence-electron chi connectivity index (χ2n) is 2.48. The summed E-state index contributed by atoms with van der Waals surface area (Å²) in [5, 5.41) is 0. The van der Waals surface area contributed by atoms with Crippen LogP contribution in [0.25, 0.3) is 0 Å². The minimum Gasteiger partial charge on any atom is -0.459 e. The van der Waals surface area contributed by atoms with Gasteiger partial charge in [-0.2, -0.15) is 13.2 Å². The highest BCUT2D eigenvalue weighted by Gasteiger charge is 2.38. The molecule has 1 atom stereocenters. The average molecular weight is 195 g/mol. The molecule has 1 unspecified atom stereocenters. The molecule has 0 aliphatic rings. The van der Waals surface area contributed by atoms with Gasteiger partial charge in [-0.3, -0.25) is 0 Å². The number of esters is 1. The fourth-order valence-electron chi connectivity index (χ4n) is 0.429. The molecule has 0 fully saturated rings. The predicted octanol–water partition coefficient (Wildman–Crippen LogP) is 2.26. The van der Waals surface area contributed by atoms with E-state index in [1.807, 2.05) is 0 Å². The van der Waals surface area contributed by atoms with Crippen molar-refractivity contribution in [3.05, 3.63) is 19.1 Å². The first-order valence-electron chi connectivity index (χ1n) is 3.55. The number of hydrogen-bond donors (Lipinski definition) is 0. The molecule has 75 valence electrons. The van der Waals surface area contributed by atoms with Crippen LogP contribution in [0.1, 0.15) is 13.3 Å². The molecule has 0 aliphatic carbocycles. The molecule has 0 aromatic carbocycles. The van der Waals surface area contributed by atoms with Crippen molar-refractivity contribution in [3.63, 3.8) is 0 Å². The Balaban J connectivity index is 4.21. The Morgan fingerprint density at radius 1 is 1.54 bits per heavy atom. The second-order valence-corrected chi connectivity index (χ2v) is 2.48. The van der Waals surface area contributed by atoms with Gasteiger partial charge < -0.3 is 4.74 Å². The molecule has 0 bridgehead atoms. The molecule has 2 nitrogen and oxygen atoms in total. The normalized spacial score (nSPS) is 13.6. The molecular weight excluding hydrogens is 185 g/mol. The Morgan fingerprint density at radius 2 is 2.00 bits per heavy atom. The maximum Gasteiger partial charge on any atom is 0.422 e. The van der Waals surface area contributed by atoms with Crippen LogP contribution in [0.3, 0.4) is 0 Å². The Morgan fingerprint density at radius 3 is 2.31 bits per heavy atom. The molecule has 0 spiro atoms. The van der Waals surface area contributed by atoms with Crippen molar-refractivity contribution in [3.8, 4) is 0 Å². The summed E-state index contributed by atoms with van der Waals surface area (Å²) in [5.74, 6) is -1.44. The van der Waals surface area contributed by atoms with E-state index in [0.717, 1.165) is 0 Å². The lowest BCUT2D eigenvalue weighted by atomic mass is 10.3. The summed E-state index contributed by atoms with van der Waals surface area (Å²) in [6.07, 6.45) is -5.14. The van der Waals surface area contributed by atoms with Crippen LogP contribution in [-0.2, 0) is 9.53 Å². The first kappa shape index (κ1) is 12.0. The maximum atomic E-state index is 11.8. The van der Waals surface area contributed by atoms with Gasteiger partial charge >= 0.3 is 12.1 Å². The van der Waals surface area contributed by atoms with Crippen LogP contribution in [0.4, 0.5) is 13.2 Å². The average Bonchev–Trinajstić information content (AvgIpc) is 2.01. The standard InChI is InChI=1S/C8H10F3O2/c1-4-5(2)13-7(12)6(3)8(9,10)11/h5H,1,3-4H2,2H3. The van der Waals surface area contributed by atoms with Gasteiger partial charge in [0.15, 0.2) is 0 Å². The molecule has 0 N–H and O–H groups in total. The molecule has 0 saturated carbocycles. The Hall–Kier alpha value is -1.00. The third kappa shape index (κ3) is 3.96. The zero-order valence-electron chi connectivity index (χ0n) is 7.15. The van der Waals surface area contributed by atoms with Gasteiger partial charge in [-0.1, -0.05) is 6.58 Å². The Kier molecular flexibility index (Phi) is 3.97. The van der Waals surface area contributed by atoms with E-state index in [1.54, 1.807) is 0 Å². The summed E-state index contributed by atoms with van der Waals surface area (Å²) in [4.78, 5) is 10.7. The van der Waals surface area contributed by atoms with Crippen LogP contribution in [-0.4, -0.2) is 18.2 Å². The van der Waals surface area contributed by atoms with Crippen molar-refractivity contribution in [2.75, 3.05) is 0 Å². The SMILES string of the molecule is [CH2]CC(C)OC(=O)C(=C)C(F)(F)F. The molecule has 0 aromatic heterocycles. The van der Waals surface area contributed by atoms with Crippen LogP contribution in [0.15, 0.2) is 12.2 Å². The van der Waals surface area contributed by atoms with E-state index in [0.29, 0.717) is 0 Å². The van der Waals surface area contributed by atoms with Crippen LogP contribution in [0.5, 0.6) is 0 Å². The molecule has 0 rings (SSSR count). The molecule has 13 heavy (non-hydrogen) atoms. The topological polar surface area (TPSA) is 26.3 Å². The van der Waals surface area contributed by atoms with Crippen LogP contribution in [0, 0.1) is 6.92 Å². The summed E-state index contributed by atoms with van der Waals surface area (Å²) >= 11 is 0. The van der Waals surface area contributed by atoms with Gasteiger partial charge in [-0.25, -0.2) is 4.79 Å². The van der Waals surface area contributed by atoms with E-state index in [1.165, 1.54) is 6.92 Å². The lowest BCUT2D eigenvalue weighted by Crippen LogP contribution is -2.24. The highest BCUT2D eigenvalue weighted by molar-refractivity contribution is 5.89. The van der Waals surface area contributed by atoms with Gasteiger partial charge in [-0.05, 0) is 20.3 Å². The summed E-state index contributed by atoms with van der Waals surface area (Å²) in [6, 6.07) is 0. The van der Waals surface area contributed by atoms with Crippen molar-refractivity contribution in [1.82, 2.24) is 0 Å². The minimum absolute atomic E-state index is 0.219. The minimum atomic E-state index is -4.72. The Labute approximate surface area is 74.4 Å². The van der Waals surface area contributed by atoms with Crippen molar-refractivity contribution in [2.45, 2.75) is 25.6 Å². The first-order valence-corrected chi connectivity index (χ1v) is 3.55. The van der Waals surface area contributed by atoms with Gasteiger partial charge in [-0.15, -0.1) is 0 Å². The maximum absolute atomic E-state index is 11.8. The molecule has 0 aliphatic heterocycles. The van der Waals surface area contributed by atoms with Crippen molar-refractivity contribution >= 4 is 5.97 Å². The number of halogens is 3. The van der Waals surface area contributed by atoms with Gasteiger partial charge in [0.05, 0.1) is 6.10 Å². The van der Waals surface area contributed by atoms with E-state index < -0.39 is 23.8 Å². The van der Waals surface area contributed by atoms with E-state index in [9.17, 15) is 18.0 Å². The molecule has 0 heterocycles. The smallest absolute Gasteiger partial charge is 0.422 e. The van der Waals surface area contributed by atoms with E-state index >= 15 is 0 Å². The number of carbonyl (C=O) groups is 1. The molecule has 0 aromatic rings. The van der Waals surface area contributed by atoms with Gasteiger partial charge in [0, 0.05) is 0 Å². The number of ether oxygens (including phenoxy) is 1. The number of carbonyl (C=O) groups excluding carboxylic acids is 1. The van der Waals surface area contributed by atoms with Gasteiger partial charge in [0.2, 0.25) is 0 Å². The summed E-state index contributed by atoms with van der Waals surface area (Å²) < 4.78 is 39.9. The highest BCUT2D eigenvalue weighted by Crippen LogP contribution is 2.25. The lowest BCUT2D eigenvalue weighted by molar-refractivity contribution is -0.154. The van der Waals surface area contributed by atoms with Crippen molar-refractivity contribution in [1.29, 1.82) is 0 Å². The van der Waals surface area contributed by atoms with E-state index in [2.05, 4.69) is 18.2 Å². The summed E-state index contributed by atoms with van der Waals surface area (Å²) in [5.41, 5.74) is -1.49. The molecule has 0 amide bonds. The zero-order chi connectivity index (χ0) is 10.6. The number of rotatable bonds is 3. The third-order valence-corrected chi connectivity index (χ3v) is 1.30. The second kappa shape index (κ2) is 4.30. The molecule has 1 radical (unpaired) electrons. The quantitative estimate of drug-likeness (QED) is 0.510. The number of alkyl halides is 3. The largest absolute Gasteiger partial charge is 0.459 e. The van der Waals surface area contributed by atoms with Crippen LogP contribution < -0.4 is 0 Å². The van der Waals surface area contributed by atoms with Crippen LogP contribution >= 0.6 is 0 Å². The zero-order valence-corrected chi connectivity index (χ0v) is 7.15. The molecular formula is C8H10F3O2. The highest BCUT2D eigenvalue weighted by atomic mass is 19.4. The van der Waals surface area contributed by atoms with Crippen molar-refractivity contribution < 1.29 is 22.7 Å². The van der Waals surface area contributed by atoms with Gasteiger partial charge in [0.25, 0.3) is 0 Å². The Bertz CT molecular complexity index is 208. The van der Waals surface area contributed by atoms with Crippen LogP contribution in [0.2, 0.25) is 0 Å². The van der Waals surface area contributed by atoms with E-state index in [4.69, 9.17) is 0 Å². The monoisotopic (exact) mass is 195 g/mol. The molecule has 0 saturated heterocycles. The van der Waals surface area contributed by atoms with Gasteiger partial charge in [0.1, 0.15) is 5.57 Å². The summed E-state index contributed by atoms with van der Waals surface area (Å²) in [6.45, 7) is 7.42. The summed E-state index contributed by atoms with van der Waals surface area (Å²) in [7, 11) is 0. The fourth-order valence-corrected chi connectivity index (χ4v) is 0.429. The van der Waals surface area contributed by atoms with Crippen molar-refractivity contribution in [2.24, 2.45) is 0 Å². The lowest BCUT2D eigenvalue weighted by Gasteiger charge is -2.13. The first-order chi connectivity index (χ1) is 5.79. The predicted molar refractivity (Wildman–Crippen MR) is 40.7 cm³/mol. The van der Waals surface area contributed by atoms with E-state index in [-0.39, 0.29) is 6.42 Å². The molecule has 5 heteroatoms. The third-order valence-electron chi connectivity index (χ3n) is 1.30. The fraction of sp³-hybridized carbons (Fsp3) is 0.500. The number of hydrogen-bond acceptors (Lipinski definition) is 2.